The third kappa shape index (κ3) is 3.08. The highest BCUT2D eigenvalue weighted by Crippen LogP contribution is 2.27. The van der Waals surface area contributed by atoms with Crippen molar-refractivity contribution in [2.75, 3.05) is 0 Å². The summed E-state index contributed by atoms with van der Waals surface area (Å²) in [7, 11) is 0. The van der Waals surface area contributed by atoms with Crippen LogP contribution in [0, 0.1) is 24.0 Å². The molecule has 0 aromatic heterocycles. The Balaban J connectivity index is 2.19. The van der Waals surface area contributed by atoms with Crippen molar-refractivity contribution >= 4 is 17.3 Å². The van der Waals surface area contributed by atoms with E-state index in [4.69, 9.17) is 16.3 Å². The summed E-state index contributed by atoms with van der Waals surface area (Å²) in [6.45, 7) is 4.20. The van der Waals surface area contributed by atoms with Crippen molar-refractivity contribution in [1.29, 1.82) is 0 Å². The Morgan fingerprint density at radius 3 is 2.45 bits per heavy atom. The predicted octanol–water partition coefficient (Wildman–Crippen LogP) is 4.44. The van der Waals surface area contributed by atoms with Crippen LogP contribution < -0.4 is 4.74 Å². The van der Waals surface area contributed by atoms with Crippen molar-refractivity contribution in [2.24, 2.45) is 0 Å². The van der Waals surface area contributed by atoms with E-state index in [9.17, 15) is 10.1 Å². The number of benzene rings is 2. The summed E-state index contributed by atoms with van der Waals surface area (Å²) in [6, 6.07) is 10.6. The van der Waals surface area contributed by atoms with Crippen molar-refractivity contribution in [3.05, 3.63) is 68.2 Å². The van der Waals surface area contributed by atoms with Crippen molar-refractivity contribution in [2.45, 2.75) is 20.5 Å². The van der Waals surface area contributed by atoms with Crippen molar-refractivity contribution in [3.8, 4) is 5.75 Å². The summed E-state index contributed by atoms with van der Waals surface area (Å²) in [4.78, 5) is 10.3. The van der Waals surface area contributed by atoms with Gasteiger partial charge < -0.3 is 4.74 Å². The quantitative estimate of drug-likeness (QED) is 0.618. The van der Waals surface area contributed by atoms with E-state index in [1.165, 1.54) is 12.1 Å². The second-order valence-electron chi connectivity index (χ2n) is 4.55. The average molecular weight is 292 g/mol. The molecule has 5 heteroatoms. The highest BCUT2D eigenvalue weighted by atomic mass is 35.5. The minimum absolute atomic E-state index is 0.103. The van der Waals surface area contributed by atoms with Gasteiger partial charge in [0.05, 0.1) is 4.92 Å². The van der Waals surface area contributed by atoms with Crippen LogP contribution in [0.15, 0.2) is 36.4 Å². The zero-order chi connectivity index (χ0) is 14.7. The van der Waals surface area contributed by atoms with Gasteiger partial charge in [-0.1, -0.05) is 35.9 Å². The van der Waals surface area contributed by atoms with E-state index in [2.05, 4.69) is 0 Å². The fourth-order valence-electron chi connectivity index (χ4n) is 1.97. The smallest absolute Gasteiger partial charge is 0.288 e. The monoisotopic (exact) mass is 291 g/mol. The molecule has 0 radical (unpaired) electrons. The molecule has 0 saturated carbocycles. The third-order valence-corrected chi connectivity index (χ3v) is 3.32. The first kappa shape index (κ1) is 14.3. The van der Waals surface area contributed by atoms with Crippen LogP contribution in [0.25, 0.3) is 0 Å². The Bertz CT molecular complexity index is 635. The molecule has 0 unspecified atom stereocenters. The van der Waals surface area contributed by atoms with Crippen LogP contribution in [0.2, 0.25) is 5.02 Å². The molecule has 0 aliphatic rings. The lowest BCUT2D eigenvalue weighted by atomic mass is 10.1. The van der Waals surface area contributed by atoms with Gasteiger partial charge in [-0.05, 0) is 36.6 Å². The number of nitro benzene ring substituents is 1. The Kier molecular flexibility index (Phi) is 4.25. The minimum atomic E-state index is -0.495. The maximum absolute atomic E-state index is 10.8. The highest BCUT2D eigenvalue weighted by molar-refractivity contribution is 6.32. The van der Waals surface area contributed by atoms with Gasteiger partial charge >= 0.3 is 0 Å². The second-order valence-corrected chi connectivity index (χ2v) is 4.96. The lowest BCUT2D eigenvalue weighted by Gasteiger charge is -2.12. The van der Waals surface area contributed by atoms with Gasteiger partial charge in [-0.2, -0.15) is 0 Å². The lowest BCUT2D eigenvalue weighted by Crippen LogP contribution is -2.00. The largest absolute Gasteiger partial charge is 0.488 e. The number of nitro groups is 1. The molecular weight excluding hydrogens is 278 g/mol. The molecule has 104 valence electrons. The summed E-state index contributed by atoms with van der Waals surface area (Å²) < 4.78 is 5.76. The van der Waals surface area contributed by atoms with Crippen LogP contribution in [0.3, 0.4) is 0 Å². The first-order chi connectivity index (χ1) is 9.49. The summed E-state index contributed by atoms with van der Waals surface area (Å²) >= 11 is 5.78. The lowest BCUT2D eigenvalue weighted by molar-refractivity contribution is -0.384. The standard InChI is InChI=1S/C15H14ClNO3/c1-10-4-3-5-11(2)15(10)20-9-12-6-7-13(16)14(8-12)17(18)19/h3-8H,9H2,1-2H3. The van der Waals surface area contributed by atoms with E-state index in [0.29, 0.717) is 5.56 Å². The van der Waals surface area contributed by atoms with Crippen LogP contribution in [0.5, 0.6) is 5.75 Å². The van der Waals surface area contributed by atoms with Crippen LogP contribution in [0.1, 0.15) is 16.7 Å². The molecule has 2 rings (SSSR count). The van der Waals surface area contributed by atoms with Gasteiger partial charge in [-0.3, -0.25) is 10.1 Å². The van der Waals surface area contributed by atoms with Gasteiger partial charge in [0.25, 0.3) is 5.69 Å². The Morgan fingerprint density at radius 2 is 1.85 bits per heavy atom. The first-order valence-electron chi connectivity index (χ1n) is 6.11. The summed E-state index contributed by atoms with van der Waals surface area (Å²) in [5.41, 5.74) is 2.68. The predicted molar refractivity (Wildman–Crippen MR) is 78.4 cm³/mol. The number of hydrogen-bond donors (Lipinski definition) is 0. The molecule has 4 nitrogen and oxygen atoms in total. The Morgan fingerprint density at radius 1 is 1.20 bits per heavy atom. The number of halogens is 1. The van der Waals surface area contributed by atoms with E-state index in [0.717, 1.165) is 16.9 Å². The molecule has 0 aliphatic heterocycles. The summed E-state index contributed by atoms with van der Waals surface area (Å²) in [5, 5.41) is 11.0. The minimum Gasteiger partial charge on any atom is -0.488 e. The van der Waals surface area contributed by atoms with Gasteiger partial charge in [0, 0.05) is 6.07 Å². The van der Waals surface area contributed by atoms with Gasteiger partial charge in [0.1, 0.15) is 17.4 Å². The zero-order valence-electron chi connectivity index (χ0n) is 11.2. The maximum Gasteiger partial charge on any atom is 0.288 e. The zero-order valence-corrected chi connectivity index (χ0v) is 12.0. The van der Waals surface area contributed by atoms with E-state index in [1.54, 1.807) is 6.07 Å². The van der Waals surface area contributed by atoms with Crippen LogP contribution in [0.4, 0.5) is 5.69 Å². The van der Waals surface area contributed by atoms with Crippen molar-refractivity contribution in [1.82, 2.24) is 0 Å². The average Bonchev–Trinajstić information content (AvgIpc) is 2.39. The molecule has 20 heavy (non-hydrogen) atoms. The Hall–Kier alpha value is -2.07. The van der Waals surface area contributed by atoms with Crippen molar-refractivity contribution in [3.63, 3.8) is 0 Å². The highest BCUT2D eigenvalue weighted by Gasteiger charge is 2.13. The molecule has 2 aromatic carbocycles. The van der Waals surface area contributed by atoms with Crippen molar-refractivity contribution < 1.29 is 9.66 Å². The van der Waals surface area contributed by atoms with Gasteiger partial charge in [-0.25, -0.2) is 0 Å². The van der Waals surface area contributed by atoms with E-state index < -0.39 is 4.92 Å². The van der Waals surface area contributed by atoms with Crippen LogP contribution in [-0.2, 0) is 6.61 Å². The van der Waals surface area contributed by atoms with Gasteiger partial charge in [0.2, 0.25) is 0 Å². The van der Waals surface area contributed by atoms with E-state index in [-0.39, 0.29) is 17.3 Å². The molecular formula is C15H14ClNO3. The SMILES string of the molecule is Cc1cccc(C)c1OCc1ccc(Cl)c([N+](=O)[O-])c1. The third-order valence-electron chi connectivity index (χ3n) is 3.00. The molecule has 2 aromatic rings. The molecule has 0 aliphatic carbocycles. The fraction of sp³-hybridized carbons (Fsp3) is 0.200. The number of nitrogens with zero attached hydrogens (tertiary/aromatic N) is 1. The van der Waals surface area contributed by atoms with Gasteiger partial charge in [0.15, 0.2) is 0 Å². The summed E-state index contributed by atoms with van der Waals surface area (Å²) in [5.74, 6) is 0.810. The van der Waals surface area contributed by atoms with Crippen LogP contribution >= 0.6 is 11.6 Å². The second kappa shape index (κ2) is 5.92. The molecule has 0 saturated heterocycles. The van der Waals surface area contributed by atoms with Crippen LogP contribution in [-0.4, -0.2) is 4.92 Å². The van der Waals surface area contributed by atoms with Gasteiger partial charge in [-0.15, -0.1) is 0 Å². The topological polar surface area (TPSA) is 52.4 Å². The molecule has 0 fully saturated rings. The fourth-order valence-corrected chi connectivity index (χ4v) is 2.16. The molecule has 0 atom stereocenters. The number of para-hydroxylation sites is 1. The number of ether oxygens (including phenoxy) is 1. The molecule has 0 amide bonds. The van der Waals surface area contributed by atoms with E-state index >= 15 is 0 Å². The number of hydrogen-bond acceptors (Lipinski definition) is 3. The molecule has 0 spiro atoms. The molecule has 0 N–H and O–H groups in total. The summed E-state index contributed by atoms with van der Waals surface area (Å²) in [6.07, 6.45) is 0. The van der Waals surface area contributed by atoms with E-state index in [1.807, 2.05) is 32.0 Å². The normalized spacial score (nSPS) is 10.3. The number of aryl methyl sites for hydroxylation is 2. The molecule has 0 heterocycles. The Labute approximate surface area is 122 Å². The number of rotatable bonds is 4. The maximum atomic E-state index is 10.8. The first-order valence-corrected chi connectivity index (χ1v) is 6.48. The molecule has 0 bridgehead atoms.